The standard InChI is InChI=1S/C23H27N3O/c24-18-10-12-22-20(15-18)19-14-17(9-11-21(19)26-22)23(27)25-13-5-4-8-16-6-2-1-3-7-16/h1-3,6-7,9,11,14,18,26H,4-5,8,10,12-13,15,24H2,(H,25,27). The summed E-state index contributed by atoms with van der Waals surface area (Å²) in [4.78, 5) is 16.0. The Kier molecular flexibility index (Phi) is 5.26. The molecule has 140 valence electrons. The average molecular weight is 361 g/mol. The predicted octanol–water partition coefficient (Wildman–Crippen LogP) is 3.74. The highest BCUT2D eigenvalue weighted by molar-refractivity contribution is 5.99. The van der Waals surface area contributed by atoms with Crippen LogP contribution in [-0.4, -0.2) is 23.5 Å². The van der Waals surface area contributed by atoms with Crippen molar-refractivity contribution < 1.29 is 4.79 Å². The van der Waals surface area contributed by atoms with Crippen LogP contribution in [0, 0.1) is 0 Å². The fourth-order valence-corrected chi connectivity index (χ4v) is 3.99. The van der Waals surface area contributed by atoms with Crippen molar-refractivity contribution in [1.82, 2.24) is 10.3 Å². The smallest absolute Gasteiger partial charge is 0.251 e. The average Bonchev–Trinajstić information content (AvgIpc) is 3.05. The van der Waals surface area contributed by atoms with Crippen LogP contribution in [0.3, 0.4) is 0 Å². The number of unbranched alkanes of at least 4 members (excludes halogenated alkanes) is 1. The van der Waals surface area contributed by atoms with Crippen molar-refractivity contribution in [3.05, 3.63) is 70.9 Å². The van der Waals surface area contributed by atoms with E-state index in [4.69, 9.17) is 5.73 Å². The zero-order valence-electron chi connectivity index (χ0n) is 15.6. The molecule has 27 heavy (non-hydrogen) atoms. The third-order valence-corrected chi connectivity index (χ3v) is 5.51. The normalized spacial score (nSPS) is 16.3. The van der Waals surface area contributed by atoms with E-state index in [1.54, 1.807) is 0 Å². The number of carbonyl (C=O) groups excluding carboxylic acids is 1. The summed E-state index contributed by atoms with van der Waals surface area (Å²) in [7, 11) is 0. The molecule has 1 aliphatic rings. The summed E-state index contributed by atoms with van der Waals surface area (Å²) >= 11 is 0. The summed E-state index contributed by atoms with van der Waals surface area (Å²) in [6.07, 6.45) is 6.02. The number of hydrogen-bond acceptors (Lipinski definition) is 2. The molecular weight excluding hydrogens is 334 g/mol. The van der Waals surface area contributed by atoms with Crippen molar-refractivity contribution in [1.29, 1.82) is 0 Å². The number of fused-ring (bicyclic) bond motifs is 3. The molecule has 0 bridgehead atoms. The fourth-order valence-electron chi connectivity index (χ4n) is 3.99. The van der Waals surface area contributed by atoms with Crippen molar-refractivity contribution in [3.63, 3.8) is 0 Å². The quantitative estimate of drug-likeness (QED) is 0.585. The molecule has 0 saturated heterocycles. The van der Waals surface area contributed by atoms with Gasteiger partial charge in [-0.25, -0.2) is 0 Å². The summed E-state index contributed by atoms with van der Waals surface area (Å²) in [5, 5.41) is 4.21. The highest BCUT2D eigenvalue weighted by Gasteiger charge is 2.20. The van der Waals surface area contributed by atoms with E-state index in [2.05, 4.69) is 34.6 Å². The van der Waals surface area contributed by atoms with E-state index < -0.39 is 0 Å². The molecule has 1 unspecified atom stereocenters. The summed E-state index contributed by atoms with van der Waals surface area (Å²) in [6, 6.07) is 16.6. The van der Waals surface area contributed by atoms with Crippen LogP contribution in [0.2, 0.25) is 0 Å². The predicted molar refractivity (Wildman–Crippen MR) is 110 cm³/mol. The molecule has 1 atom stereocenters. The second-order valence-corrected chi connectivity index (χ2v) is 7.54. The maximum atomic E-state index is 12.5. The number of aromatic amines is 1. The Hall–Kier alpha value is -2.59. The largest absolute Gasteiger partial charge is 0.358 e. The molecule has 4 rings (SSSR count). The van der Waals surface area contributed by atoms with Crippen LogP contribution < -0.4 is 11.1 Å². The van der Waals surface area contributed by atoms with Gasteiger partial charge in [0, 0.05) is 34.7 Å². The number of carbonyl (C=O) groups is 1. The molecule has 0 spiro atoms. The van der Waals surface area contributed by atoms with Crippen molar-refractivity contribution >= 4 is 16.8 Å². The molecule has 3 aromatic rings. The SMILES string of the molecule is NC1CCc2[nH]c3ccc(C(=O)NCCCCc4ccccc4)cc3c2C1. The third kappa shape index (κ3) is 4.06. The number of H-pyrrole nitrogens is 1. The molecule has 0 radical (unpaired) electrons. The first-order chi connectivity index (χ1) is 13.2. The lowest BCUT2D eigenvalue weighted by Crippen LogP contribution is -2.27. The third-order valence-electron chi connectivity index (χ3n) is 5.51. The Labute approximate surface area is 160 Å². The molecular formula is C23H27N3O. The Bertz CT molecular complexity index is 929. The first-order valence-corrected chi connectivity index (χ1v) is 9.92. The van der Waals surface area contributed by atoms with Gasteiger partial charge in [-0.15, -0.1) is 0 Å². The van der Waals surface area contributed by atoms with E-state index >= 15 is 0 Å². The highest BCUT2D eigenvalue weighted by atomic mass is 16.1. The van der Waals surface area contributed by atoms with Gasteiger partial charge in [0.05, 0.1) is 0 Å². The topological polar surface area (TPSA) is 70.9 Å². The van der Waals surface area contributed by atoms with E-state index in [1.807, 2.05) is 24.3 Å². The minimum absolute atomic E-state index is 0.00618. The first kappa shape index (κ1) is 17.8. The van der Waals surface area contributed by atoms with E-state index in [9.17, 15) is 4.79 Å². The lowest BCUT2D eigenvalue weighted by molar-refractivity contribution is 0.0953. The molecule has 4 nitrogen and oxygen atoms in total. The van der Waals surface area contributed by atoms with Crippen molar-refractivity contribution in [3.8, 4) is 0 Å². The number of aromatic nitrogens is 1. The van der Waals surface area contributed by atoms with Crippen LogP contribution in [-0.2, 0) is 19.3 Å². The zero-order chi connectivity index (χ0) is 18.6. The zero-order valence-corrected chi connectivity index (χ0v) is 15.6. The summed E-state index contributed by atoms with van der Waals surface area (Å²) in [5.74, 6) is 0.00618. The number of hydrogen-bond donors (Lipinski definition) is 3. The second kappa shape index (κ2) is 7.97. The molecule has 1 aliphatic carbocycles. The summed E-state index contributed by atoms with van der Waals surface area (Å²) < 4.78 is 0. The number of rotatable bonds is 6. The van der Waals surface area contributed by atoms with Gasteiger partial charge in [-0.05, 0) is 67.9 Å². The Balaban J connectivity index is 1.34. The van der Waals surface area contributed by atoms with Crippen molar-refractivity contribution in [2.24, 2.45) is 5.73 Å². The van der Waals surface area contributed by atoms with Crippen molar-refractivity contribution in [2.75, 3.05) is 6.54 Å². The monoisotopic (exact) mass is 361 g/mol. The van der Waals surface area contributed by atoms with E-state index in [-0.39, 0.29) is 11.9 Å². The lowest BCUT2D eigenvalue weighted by atomic mass is 9.92. The fraction of sp³-hybridized carbons (Fsp3) is 0.348. The lowest BCUT2D eigenvalue weighted by Gasteiger charge is -2.18. The van der Waals surface area contributed by atoms with Gasteiger partial charge < -0.3 is 16.0 Å². The first-order valence-electron chi connectivity index (χ1n) is 9.92. The van der Waals surface area contributed by atoms with Gasteiger partial charge >= 0.3 is 0 Å². The van der Waals surface area contributed by atoms with Crippen LogP contribution >= 0.6 is 0 Å². The van der Waals surface area contributed by atoms with Crippen molar-refractivity contribution in [2.45, 2.75) is 44.6 Å². The van der Waals surface area contributed by atoms with Gasteiger partial charge in [-0.1, -0.05) is 30.3 Å². The molecule has 0 aliphatic heterocycles. The van der Waals surface area contributed by atoms with Gasteiger partial charge in [0.25, 0.3) is 5.91 Å². The maximum Gasteiger partial charge on any atom is 0.251 e. The molecule has 1 heterocycles. The minimum Gasteiger partial charge on any atom is -0.358 e. The molecule has 4 N–H and O–H groups in total. The second-order valence-electron chi connectivity index (χ2n) is 7.54. The van der Waals surface area contributed by atoms with E-state index in [0.717, 1.165) is 55.0 Å². The van der Waals surface area contributed by atoms with Crippen LogP contribution in [0.1, 0.15) is 46.4 Å². The Morgan fingerprint density at radius 1 is 1.15 bits per heavy atom. The van der Waals surface area contributed by atoms with Gasteiger partial charge in [0.2, 0.25) is 0 Å². The Morgan fingerprint density at radius 3 is 2.85 bits per heavy atom. The van der Waals surface area contributed by atoms with E-state index in [1.165, 1.54) is 16.8 Å². The van der Waals surface area contributed by atoms with E-state index in [0.29, 0.717) is 6.54 Å². The molecule has 1 aromatic heterocycles. The van der Waals surface area contributed by atoms with Crippen LogP contribution in [0.5, 0.6) is 0 Å². The van der Waals surface area contributed by atoms with Gasteiger partial charge in [0.15, 0.2) is 0 Å². The molecule has 0 saturated carbocycles. The van der Waals surface area contributed by atoms with Crippen LogP contribution in [0.25, 0.3) is 10.9 Å². The maximum absolute atomic E-state index is 12.5. The summed E-state index contributed by atoms with van der Waals surface area (Å²) in [6.45, 7) is 0.708. The Morgan fingerprint density at radius 2 is 2.00 bits per heavy atom. The van der Waals surface area contributed by atoms with Gasteiger partial charge in [0.1, 0.15) is 0 Å². The minimum atomic E-state index is 0.00618. The highest BCUT2D eigenvalue weighted by Crippen LogP contribution is 2.29. The number of benzene rings is 2. The molecule has 0 fully saturated rings. The summed E-state index contributed by atoms with van der Waals surface area (Å²) in [5.41, 5.74) is 11.9. The van der Waals surface area contributed by atoms with Gasteiger partial charge in [-0.2, -0.15) is 0 Å². The van der Waals surface area contributed by atoms with Gasteiger partial charge in [-0.3, -0.25) is 4.79 Å². The number of nitrogens with two attached hydrogens (primary N) is 1. The number of aryl methyl sites for hydroxylation is 2. The number of nitrogens with one attached hydrogen (secondary N) is 2. The number of amides is 1. The van der Waals surface area contributed by atoms with Crippen LogP contribution in [0.15, 0.2) is 48.5 Å². The molecule has 2 aromatic carbocycles. The van der Waals surface area contributed by atoms with Crippen LogP contribution in [0.4, 0.5) is 0 Å². The molecule has 1 amide bonds. The molecule has 4 heteroatoms.